The van der Waals surface area contributed by atoms with E-state index < -0.39 is 11.9 Å². The Morgan fingerprint density at radius 2 is 1.93 bits per heavy atom. The van der Waals surface area contributed by atoms with Crippen LogP contribution in [0.2, 0.25) is 0 Å². The summed E-state index contributed by atoms with van der Waals surface area (Å²) in [6, 6.07) is 0. The van der Waals surface area contributed by atoms with E-state index in [4.69, 9.17) is 9.47 Å². The summed E-state index contributed by atoms with van der Waals surface area (Å²) in [4.78, 5) is 22.0. The third-order valence-electron chi connectivity index (χ3n) is 1.62. The minimum Gasteiger partial charge on any atom is -0.460 e. The third kappa shape index (κ3) is 6.71. The SMILES string of the molecule is CCCC/C=C(\OC(C)=O)C(=O)OCC. The van der Waals surface area contributed by atoms with Crippen molar-refractivity contribution in [1.82, 2.24) is 0 Å². The van der Waals surface area contributed by atoms with Crippen molar-refractivity contribution in [3.05, 3.63) is 11.8 Å². The molecule has 0 unspecified atom stereocenters. The second-order valence-corrected chi connectivity index (χ2v) is 3.02. The molecule has 0 aliphatic heterocycles. The zero-order valence-electron chi connectivity index (χ0n) is 9.54. The van der Waals surface area contributed by atoms with Gasteiger partial charge in [-0.1, -0.05) is 13.3 Å². The topological polar surface area (TPSA) is 52.6 Å². The molecule has 0 aliphatic rings. The van der Waals surface area contributed by atoms with Crippen LogP contribution < -0.4 is 0 Å². The van der Waals surface area contributed by atoms with Crippen LogP contribution in [0.5, 0.6) is 0 Å². The maximum Gasteiger partial charge on any atom is 0.374 e. The van der Waals surface area contributed by atoms with Gasteiger partial charge >= 0.3 is 11.9 Å². The Labute approximate surface area is 90.2 Å². The van der Waals surface area contributed by atoms with E-state index in [2.05, 4.69) is 0 Å². The van der Waals surface area contributed by atoms with E-state index >= 15 is 0 Å². The summed E-state index contributed by atoms with van der Waals surface area (Å²) in [5.74, 6) is -1.09. The maximum absolute atomic E-state index is 11.3. The molecule has 86 valence electrons. The minimum atomic E-state index is -0.580. The molecule has 0 atom stereocenters. The number of carbonyl (C=O) groups excluding carboxylic acids is 2. The quantitative estimate of drug-likeness (QED) is 0.294. The molecule has 0 aromatic heterocycles. The molecule has 0 amide bonds. The first-order chi connectivity index (χ1) is 7.11. The first-order valence-electron chi connectivity index (χ1n) is 5.17. The third-order valence-corrected chi connectivity index (χ3v) is 1.62. The highest BCUT2D eigenvalue weighted by Crippen LogP contribution is 2.06. The second-order valence-electron chi connectivity index (χ2n) is 3.02. The van der Waals surface area contributed by atoms with Crippen LogP contribution in [0.15, 0.2) is 11.8 Å². The van der Waals surface area contributed by atoms with E-state index in [1.165, 1.54) is 6.92 Å². The molecule has 0 N–H and O–H groups in total. The van der Waals surface area contributed by atoms with Gasteiger partial charge in [0.15, 0.2) is 0 Å². The molecule has 15 heavy (non-hydrogen) atoms. The summed E-state index contributed by atoms with van der Waals surface area (Å²) in [5.41, 5.74) is 0. The molecule has 0 bridgehead atoms. The maximum atomic E-state index is 11.3. The van der Waals surface area contributed by atoms with Crippen LogP contribution in [0, 0.1) is 0 Å². The summed E-state index contributed by atoms with van der Waals surface area (Å²) < 4.78 is 9.51. The smallest absolute Gasteiger partial charge is 0.374 e. The zero-order valence-corrected chi connectivity index (χ0v) is 9.54. The molecule has 0 heterocycles. The molecule has 0 aromatic rings. The van der Waals surface area contributed by atoms with E-state index in [0.29, 0.717) is 6.42 Å². The molecule has 0 aromatic carbocycles. The highest BCUT2D eigenvalue weighted by molar-refractivity contribution is 5.89. The van der Waals surface area contributed by atoms with Crippen molar-refractivity contribution in [2.45, 2.75) is 40.0 Å². The van der Waals surface area contributed by atoms with Gasteiger partial charge in [-0.15, -0.1) is 0 Å². The van der Waals surface area contributed by atoms with Crippen molar-refractivity contribution >= 4 is 11.9 Å². The summed E-state index contributed by atoms with van der Waals surface area (Å²) in [6.07, 6.45) is 4.28. The van der Waals surface area contributed by atoms with Crippen LogP contribution >= 0.6 is 0 Å². The van der Waals surface area contributed by atoms with Crippen LogP contribution in [0.4, 0.5) is 0 Å². The van der Waals surface area contributed by atoms with Gasteiger partial charge in [0, 0.05) is 6.92 Å². The van der Waals surface area contributed by atoms with Gasteiger partial charge in [0.1, 0.15) is 0 Å². The predicted molar refractivity (Wildman–Crippen MR) is 56.0 cm³/mol. The van der Waals surface area contributed by atoms with Gasteiger partial charge in [-0.3, -0.25) is 4.79 Å². The zero-order chi connectivity index (χ0) is 11.7. The molecule has 0 spiro atoms. The number of hydrogen-bond acceptors (Lipinski definition) is 4. The molecule has 0 saturated heterocycles. The van der Waals surface area contributed by atoms with Gasteiger partial charge in [0.05, 0.1) is 6.61 Å². The fourth-order valence-electron chi connectivity index (χ4n) is 0.961. The van der Waals surface area contributed by atoms with Gasteiger partial charge < -0.3 is 9.47 Å². The normalized spacial score (nSPS) is 11.0. The summed E-state index contributed by atoms with van der Waals surface area (Å²) >= 11 is 0. The average Bonchev–Trinajstić information content (AvgIpc) is 2.16. The van der Waals surface area contributed by atoms with Crippen molar-refractivity contribution < 1.29 is 19.1 Å². The molecule has 0 fully saturated rings. The molecule has 4 heteroatoms. The number of unbranched alkanes of at least 4 members (excludes halogenated alkanes) is 2. The van der Waals surface area contributed by atoms with E-state index in [1.807, 2.05) is 6.92 Å². The molecule has 0 saturated carbocycles. The molecular weight excluding hydrogens is 196 g/mol. The van der Waals surface area contributed by atoms with Crippen LogP contribution in [0.1, 0.15) is 40.0 Å². The Morgan fingerprint density at radius 3 is 2.40 bits per heavy atom. The second kappa shape index (κ2) is 8.03. The fraction of sp³-hybridized carbons (Fsp3) is 0.636. The highest BCUT2D eigenvalue weighted by Gasteiger charge is 2.13. The Kier molecular flexibility index (Phi) is 7.32. The first-order valence-corrected chi connectivity index (χ1v) is 5.17. The minimum absolute atomic E-state index is 0.00204. The van der Waals surface area contributed by atoms with Crippen molar-refractivity contribution in [1.29, 1.82) is 0 Å². The first kappa shape index (κ1) is 13.7. The van der Waals surface area contributed by atoms with Gasteiger partial charge in [-0.2, -0.15) is 0 Å². The van der Waals surface area contributed by atoms with E-state index in [-0.39, 0.29) is 12.4 Å². The van der Waals surface area contributed by atoms with Gasteiger partial charge in [0.25, 0.3) is 0 Å². The largest absolute Gasteiger partial charge is 0.460 e. The van der Waals surface area contributed by atoms with Gasteiger partial charge in [0.2, 0.25) is 5.76 Å². The van der Waals surface area contributed by atoms with Crippen molar-refractivity contribution in [3.63, 3.8) is 0 Å². The summed E-state index contributed by atoms with van der Waals surface area (Å²) in [7, 11) is 0. The Bertz CT molecular complexity index is 243. The van der Waals surface area contributed by atoms with Gasteiger partial charge in [-0.05, 0) is 25.8 Å². The van der Waals surface area contributed by atoms with Crippen molar-refractivity contribution in [2.24, 2.45) is 0 Å². The van der Waals surface area contributed by atoms with E-state index in [0.717, 1.165) is 12.8 Å². The highest BCUT2D eigenvalue weighted by atomic mass is 16.6. The molecule has 0 rings (SSSR count). The number of esters is 2. The number of carbonyl (C=O) groups is 2. The van der Waals surface area contributed by atoms with Crippen LogP contribution in [-0.2, 0) is 19.1 Å². The summed E-state index contributed by atoms with van der Waals surface area (Å²) in [6.45, 7) is 5.27. The molecule has 4 nitrogen and oxygen atoms in total. The van der Waals surface area contributed by atoms with Crippen molar-refractivity contribution in [2.75, 3.05) is 6.61 Å². The Hall–Kier alpha value is -1.32. The number of hydrogen-bond donors (Lipinski definition) is 0. The van der Waals surface area contributed by atoms with Crippen LogP contribution in [0.25, 0.3) is 0 Å². The summed E-state index contributed by atoms with van der Waals surface area (Å²) in [5, 5.41) is 0. The monoisotopic (exact) mass is 214 g/mol. The lowest BCUT2D eigenvalue weighted by Crippen LogP contribution is -2.13. The molecule has 0 aliphatic carbocycles. The average molecular weight is 214 g/mol. The molecule has 0 radical (unpaired) electrons. The Balaban J connectivity index is 4.35. The van der Waals surface area contributed by atoms with Crippen molar-refractivity contribution in [3.8, 4) is 0 Å². The Morgan fingerprint density at radius 1 is 1.27 bits per heavy atom. The van der Waals surface area contributed by atoms with E-state index in [9.17, 15) is 9.59 Å². The van der Waals surface area contributed by atoms with Crippen LogP contribution in [0.3, 0.4) is 0 Å². The predicted octanol–water partition coefficient (Wildman–Crippen LogP) is 2.19. The lowest BCUT2D eigenvalue weighted by molar-refractivity contribution is -0.150. The number of allylic oxidation sites excluding steroid dienone is 1. The van der Waals surface area contributed by atoms with Gasteiger partial charge in [-0.25, -0.2) is 4.79 Å². The number of ether oxygens (including phenoxy) is 2. The standard InChI is InChI=1S/C11H18O4/c1-4-6-7-8-10(15-9(3)12)11(13)14-5-2/h8H,4-7H2,1-3H3/b10-8-. The van der Waals surface area contributed by atoms with Crippen LogP contribution in [-0.4, -0.2) is 18.5 Å². The van der Waals surface area contributed by atoms with E-state index in [1.54, 1.807) is 13.0 Å². The lowest BCUT2D eigenvalue weighted by atomic mass is 10.2. The number of rotatable bonds is 6. The lowest BCUT2D eigenvalue weighted by Gasteiger charge is -2.05. The fourth-order valence-corrected chi connectivity index (χ4v) is 0.961. The molecular formula is C11H18O4.